The molecule has 2 saturated heterocycles. The molecule has 0 spiro atoms. The van der Waals surface area contributed by atoms with Crippen molar-refractivity contribution in [3.63, 3.8) is 0 Å². The van der Waals surface area contributed by atoms with Crippen molar-refractivity contribution in [2.24, 2.45) is 5.92 Å². The fraction of sp³-hybridized carbons (Fsp3) is 0.395. The number of anilines is 1. The van der Waals surface area contributed by atoms with Gasteiger partial charge in [0, 0.05) is 38.9 Å². The number of rotatable bonds is 12. The molecule has 1 aromatic heterocycles. The average Bonchev–Trinajstić information content (AvgIpc) is 3.10. The third kappa shape index (κ3) is 9.41. The van der Waals surface area contributed by atoms with E-state index in [9.17, 15) is 13.2 Å². The molecule has 248 valence electrons. The zero-order chi connectivity index (χ0) is 32.5. The summed E-state index contributed by atoms with van der Waals surface area (Å²) in [4.78, 5) is 8.68. The van der Waals surface area contributed by atoms with E-state index in [0.29, 0.717) is 51.8 Å². The Morgan fingerprint density at radius 2 is 1.21 bits per heavy atom. The van der Waals surface area contributed by atoms with Crippen molar-refractivity contribution < 1.29 is 27.4 Å². The Kier molecular flexibility index (Phi) is 11.2. The van der Waals surface area contributed by atoms with Crippen molar-refractivity contribution in [2.75, 3.05) is 37.6 Å². The summed E-state index contributed by atoms with van der Waals surface area (Å²) in [7, 11) is 0. The van der Waals surface area contributed by atoms with Crippen molar-refractivity contribution in [3.05, 3.63) is 132 Å². The topological polar surface area (TPSA) is 47.1 Å². The maximum Gasteiger partial charge on any atom is 0.416 e. The van der Waals surface area contributed by atoms with Crippen LogP contribution in [0.2, 0.25) is 0 Å². The molecule has 0 N–H and O–H groups in total. The first-order chi connectivity index (χ1) is 22.9. The SMILES string of the molecule is FC(F)(F)c1ccnc(N2CCC[C@H](CN3C[C@@H](OCc4ccccc4)C(OCc4ccccc4)[C@H](OCc4ccccc4)C3)C2)c1. The lowest BCUT2D eigenvalue weighted by atomic mass is 9.94. The van der Waals surface area contributed by atoms with Crippen LogP contribution < -0.4 is 4.90 Å². The zero-order valence-electron chi connectivity index (χ0n) is 26.5. The minimum Gasteiger partial charge on any atom is -0.369 e. The van der Waals surface area contributed by atoms with Crippen LogP contribution in [0.1, 0.15) is 35.1 Å². The molecule has 0 saturated carbocycles. The molecule has 3 heterocycles. The summed E-state index contributed by atoms with van der Waals surface area (Å²) in [5.41, 5.74) is 2.59. The molecule has 2 aliphatic rings. The molecular weight excluding hydrogens is 603 g/mol. The Morgan fingerprint density at radius 3 is 1.74 bits per heavy atom. The van der Waals surface area contributed by atoms with Gasteiger partial charge in [-0.1, -0.05) is 91.0 Å². The van der Waals surface area contributed by atoms with Gasteiger partial charge in [-0.2, -0.15) is 13.2 Å². The van der Waals surface area contributed by atoms with E-state index in [1.54, 1.807) is 0 Å². The van der Waals surface area contributed by atoms with Crippen molar-refractivity contribution in [3.8, 4) is 0 Å². The van der Waals surface area contributed by atoms with Crippen LogP contribution in [0.15, 0.2) is 109 Å². The normalized spacial score (nSPS) is 21.2. The Balaban J connectivity index is 1.19. The molecule has 6 rings (SSSR count). The third-order valence-electron chi connectivity index (χ3n) is 8.94. The van der Waals surface area contributed by atoms with Gasteiger partial charge in [0.15, 0.2) is 0 Å². The predicted molar refractivity (Wildman–Crippen MR) is 176 cm³/mol. The van der Waals surface area contributed by atoms with Crippen LogP contribution in [-0.2, 0) is 40.2 Å². The number of ether oxygens (including phenoxy) is 3. The number of aromatic nitrogens is 1. The van der Waals surface area contributed by atoms with Crippen molar-refractivity contribution >= 4 is 5.82 Å². The molecule has 3 atom stereocenters. The minimum atomic E-state index is -4.40. The molecule has 2 fully saturated rings. The third-order valence-corrected chi connectivity index (χ3v) is 8.94. The van der Waals surface area contributed by atoms with Crippen molar-refractivity contribution in [1.29, 1.82) is 0 Å². The molecule has 9 heteroatoms. The van der Waals surface area contributed by atoms with Gasteiger partial charge in [-0.05, 0) is 47.6 Å². The average molecular weight is 646 g/mol. The van der Waals surface area contributed by atoms with Crippen LogP contribution in [0.3, 0.4) is 0 Å². The van der Waals surface area contributed by atoms with Gasteiger partial charge in [-0.3, -0.25) is 4.90 Å². The number of benzene rings is 3. The fourth-order valence-electron chi connectivity index (χ4n) is 6.57. The number of nitrogens with zero attached hydrogens (tertiary/aromatic N) is 3. The van der Waals surface area contributed by atoms with Gasteiger partial charge in [0.2, 0.25) is 0 Å². The number of likely N-dealkylation sites (tertiary alicyclic amines) is 1. The van der Waals surface area contributed by atoms with Gasteiger partial charge in [0.05, 0.1) is 37.6 Å². The maximum atomic E-state index is 13.4. The van der Waals surface area contributed by atoms with Crippen molar-refractivity contribution in [2.45, 2.75) is 57.2 Å². The molecule has 0 aliphatic carbocycles. The Labute approximate surface area is 275 Å². The lowest BCUT2D eigenvalue weighted by Crippen LogP contribution is -2.59. The summed E-state index contributed by atoms with van der Waals surface area (Å²) in [5.74, 6) is 0.636. The van der Waals surface area contributed by atoms with Crippen LogP contribution in [0.25, 0.3) is 0 Å². The zero-order valence-corrected chi connectivity index (χ0v) is 26.5. The molecule has 4 aromatic rings. The van der Waals surface area contributed by atoms with Gasteiger partial charge in [-0.25, -0.2) is 4.98 Å². The monoisotopic (exact) mass is 645 g/mol. The fourth-order valence-corrected chi connectivity index (χ4v) is 6.57. The highest BCUT2D eigenvalue weighted by Gasteiger charge is 2.40. The number of piperidine rings is 2. The van der Waals surface area contributed by atoms with E-state index in [1.165, 1.54) is 12.3 Å². The lowest BCUT2D eigenvalue weighted by molar-refractivity contribution is -0.185. The second kappa shape index (κ2) is 15.9. The molecular formula is C38H42F3N3O3. The van der Waals surface area contributed by atoms with Crippen molar-refractivity contribution in [1.82, 2.24) is 9.88 Å². The van der Waals surface area contributed by atoms with Gasteiger partial charge < -0.3 is 19.1 Å². The van der Waals surface area contributed by atoms with E-state index >= 15 is 0 Å². The maximum absolute atomic E-state index is 13.4. The first-order valence-corrected chi connectivity index (χ1v) is 16.4. The summed E-state index contributed by atoms with van der Waals surface area (Å²) < 4.78 is 60.2. The second-order valence-electron chi connectivity index (χ2n) is 12.5. The van der Waals surface area contributed by atoms with Crippen LogP contribution >= 0.6 is 0 Å². The number of pyridine rings is 1. The van der Waals surface area contributed by atoms with E-state index in [0.717, 1.165) is 42.1 Å². The number of hydrogen-bond acceptors (Lipinski definition) is 6. The molecule has 2 aliphatic heterocycles. The van der Waals surface area contributed by atoms with Crippen LogP contribution in [0.5, 0.6) is 0 Å². The smallest absolute Gasteiger partial charge is 0.369 e. The van der Waals surface area contributed by atoms with Crippen LogP contribution in [0.4, 0.5) is 19.0 Å². The number of alkyl halides is 3. The van der Waals surface area contributed by atoms with Gasteiger partial charge in [-0.15, -0.1) is 0 Å². The summed E-state index contributed by atoms with van der Waals surface area (Å²) in [6, 6.07) is 32.6. The first kappa shape index (κ1) is 33.2. The number of hydrogen-bond donors (Lipinski definition) is 0. The van der Waals surface area contributed by atoms with Gasteiger partial charge >= 0.3 is 6.18 Å². The lowest BCUT2D eigenvalue weighted by Gasteiger charge is -2.45. The van der Waals surface area contributed by atoms with E-state index in [1.807, 2.05) is 59.5 Å². The Hall–Kier alpha value is -3.76. The highest BCUT2D eigenvalue weighted by Crippen LogP contribution is 2.32. The molecule has 3 aromatic carbocycles. The van der Waals surface area contributed by atoms with Gasteiger partial charge in [0.25, 0.3) is 0 Å². The summed E-state index contributed by atoms with van der Waals surface area (Å²) in [6.45, 7) is 4.78. The predicted octanol–water partition coefficient (Wildman–Crippen LogP) is 7.39. The van der Waals surface area contributed by atoms with E-state index in [-0.39, 0.29) is 24.2 Å². The first-order valence-electron chi connectivity index (χ1n) is 16.4. The molecule has 0 unspecified atom stereocenters. The minimum absolute atomic E-state index is 0.252. The summed E-state index contributed by atoms with van der Waals surface area (Å²) in [6.07, 6.45) is -2.06. The van der Waals surface area contributed by atoms with Crippen LogP contribution in [-0.4, -0.2) is 60.9 Å². The molecule has 47 heavy (non-hydrogen) atoms. The molecule has 0 radical (unpaired) electrons. The standard InChI is InChI=1S/C38H42F3N3O3/c39-38(40,41)33-18-19-42-36(21-33)44-20-10-17-32(23-44)22-43-24-34(45-26-29-11-4-1-5-12-29)37(47-28-31-15-8-3-9-16-31)35(25-43)46-27-30-13-6-2-7-14-30/h1-9,11-16,18-19,21,32,34-35,37H,10,17,20,22-28H2/t32-,34-,35-/m1/s1. The van der Waals surface area contributed by atoms with E-state index in [2.05, 4.69) is 46.3 Å². The summed E-state index contributed by atoms with van der Waals surface area (Å²) in [5, 5.41) is 0. The molecule has 0 bridgehead atoms. The van der Waals surface area contributed by atoms with E-state index in [4.69, 9.17) is 14.2 Å². The number of halogens is 3. The Morgan fingerprint density at radius 1 is 0.681 bits per heavy atom. The van der Waals surface area contributed by atoms with E-state index < -0.39 is 11.7 Å². The Bertz CT molecular complexity index is 1460. The highest BCUT2D eigenvalue weighted by atomic mass is 19.4. The van der Waals surface area contributed by atoms with Crippen LogP contribution in [0, 0.1) is 5.92 Å². The summed E-state index contributed by atoms with van der Waals surface area (Å²) >= 11 is 0. The highest BCUT2D eigenvalue weighted by molar-refractivity contribution is 5.42. The van der Waals surface area contributed by atoms with Gasteiger partial charge in [0.1, 0.15) is 11.9 Å². The molecule has 0 amide bonds. The molecule has 6 nitrogen and oxygen atoms in total. The quantitative estimate of drug-likeness (QED) is 0.160. The second-order valence-corrected chi connectivity index (χ2v) is 12.5. The largest absolute Gasteiger partial charge is 0.416 e.